The lowest BCUT2D eigenvalue weighted by atomic mass is 10.4. The van der Waals surface area contributed by atoms with Crippen LogP contribution in [0.25, 0.3) is 0 Å². The summed E-state index contributed by atoms with van der Waals surface area (Å²) in [5.41, 5.74) is 0.211. The quantitative estimate of drug-likeness (QED) is 0.587. The maximum Gasteiger partial charge on any atom is 0.357 e. The van der Waals surface area contributed by atoms with Gasteiger partial charge in [0.15, 0.2) is 10.8 Å². The van der Waals surface area contributed by atoms with Crippen LogP contribution >= 0.6 is 34.7 Å². The van der Waals surface area contributed by atoms with Crippen molar-refractivity contribution in [3.05, 3.63) is 40.4 Å². The number of aromatic nitrogens is 1. The van der Waals surface area contributed by atoms with Gasteiger partial charge in [0.1, 0.15) is 0 Å². The molecule has 2 aromatic rings. The molecule has 0 aliphatic heterocycles. The molecule has 122 valence electrons. The molecule has 0 unspecified atom stereocenters. The van der Waals surface area contributed by atoms with Gasteiger partial charge in [-0.1, -0.05) is 11.6 Å². The molecule has 0 fully saturated rings. The van der Waals surface area contributed by atoms with Crippen molar-refractivity contribution in [1.82, 2.24) is 4.98 Å². The predicted octanol–water partition coefficient (Wildman–Crippen LogP) is 4.09. The van der Waals surface area contributed by atoms with E-state index in [4.69, 9.17) is 16.3 Å². The number of amides is 1. The van der Waals surface area contributed by atoms with Crippen molar-refractivity contribution in [3.63, 3.8) is 0 Å². The number of rotatable bonds is 7. The van der Waals surface area contributed by atoms with Crippen LogP contribution in [0.3, 0.4) is 0 Å². The number of carbonyl (C=O) groups excluding carboxylic acids is 2. The van der Waals surface area contributed by atoms with Gasteiger partial charge in [-0.3, -0.25) is 4.79 Å². The molecule has 0 saturated carbocycles. The molecule has 23 heavy (non-hydrogen) atoms. The standard InChI is InChI=1S/C15H15ClN2O3S2/c1-2-21-14(20)12-9-23-15(17-12)18-13(19)7-8-22-11-5-3-10(16)4-6-11/h3-6,9H,2,7-8H2,1H3,(H,17,18,19). The molecule has 0 bridgehead atoms. The maximum absolute atomic E-state index is 11.9. The van der Waals surface area contributed by atoms with Gasteiger partial charge in [-0.25, -0.2) is 9.78 Å². The average molecular weight is 371 g/mol. The lowest BCUT2D eigenvalue weighted by molar-refractivity contribution is -0.115. The molecule has 1 amide bonds. The van der Waals surface area contributed by atoms with E-state index in [1.807, 2.05) is 24.3 Å². The Balaban J connectivity index is 1.76. The first-order valence-corrected chi connectivity index (χ1v) is 9.13. The molecule has 0 aliphatic carbocycles. The number of carbonyl (C=O) groups is 2. The monoisotopic (exact) mass is 370 g/mol. The first kappa shape index (κ1) is 17.8. The van der Waals surface area contributed by atoms with E-state index in [0.29, 0.717) is 28.9 Å². The Bertz CT molecular complexity index is 674. The molecule has 8 heteroatoms. The fourth-order valence-corrected chi connectivity index (χ4v) is 3.28. The fraction of sp³-hybridized carbons (Fsp3) is 0.267. The molecule has 1 aromatic carbocycles. The summed E-state index contributed by atoms with van der Waals surface area (Å²) in [6.07, 6.45) is 0.349. The van der Waals surface area contributed by atoms with Crippen molar-refractivity contribution in [2.45, 2.75) is 18.2 Å². The molecular formula is C15H15ClN2O3S2. The Morgan fingerprint density at radius 1 is 1.35 bits per heavy atom. The molecule has 2 rings (SSSR count). The SMILES string of the molecule is CCOC(=O)c1csc(NC(=O)CCSc2ccc(Cl)cc2)n1. The number of thioether (sulfide) groups is 1. The molecule has 1 aromatic heterocycles. The van der Waals surface area contributed by atoms with E-state index in [-0.39, 0.29) is 11.6 Å². The minimum Gasteiger partial charge on any atom is -0.461 e. The van der Waals surface area contributed by atoms with Gasteiger partial charge in [0, 0.05) is 27.5 Å². The lowest BCUT2D eigenvalue weighted by Gasteiger charge is -2.02. The third kappa shape index (κ3) is 5.85. The van der Waals surface area contributed by atoms with Gasteiger partial charge < -0.3 is 10.1 Å². The molecule has 1 N–H and O–H groups in total. The summed E-state index contributed by atoms with van der Waals surface area (Å²) in [4.78, 5) is 28.5. The largest absolute Gasteiger partial charge is 0.461 e. The van der Waals surface area contributed by atoms with E-state index in [9.17, 15) is 9.59 Å². The zero-order valence-corrected chi connectivity index (χ0v) is 14.8. The van der Waals surface area contributed by atoms with E-state index < -0.39 is 5.97 Å². The van der Waals surface area contributed by atoms with Crippen LogP contribution in [-0.2, 0) is 9.53 Å². The number of hydrogen-bond donors (Lipinski definition) is 1. The summed E-state index contributed by atoms with van der Waals surface area (Å²) in [5, 5.41) is 5.33. The molecular weight excluding hydrogens is 356 g/mol. The molecule has 0 saturated heterocycles. The van der Waals surface area contributed by atoms with Gasteiger partial charge in [0.25, 0.3) is 0 Å². The number of nitrogens with one attached hydrogen (secondary N) is 1. The van der Waals surface area contributed by atoms with Gasteiger partial charge in [-0.15, -0.1) is 23.1 Å². The highest BCUT2D eigenvalue weighted by molar-refractivity contribution is 7.99. The Hall–Kier alpha value is -1.57. The number of halogens is 1. The van der Waals surface area contributed by atoms with Crippen LogP contribution in [0.5, 0.6) is 0 Å². The van der Waals surface area contributed by atoms with Crippen LogP contribution in [-0.4, -0.2) is 29.2 Å². The fourth-order valence-electron chi connectivity index (χ4n) is 1.60. The number of ether oxygens (including phenoxy) is 1. The predicted molar refractivity (Wildman–Crippen MR) is 93.5 cm³/mol. The van der Waals surface area contributed by atoms with Crippen LogP contribution in [0.15, 0.2) is 34.5 Å². The van der Waals surface area contributed by atoms with Crippen molar-refractivity contribution in [1.29, 1.82) is 0 Å². The van der Waals surface area contributed by atoms with E-state index in [1.54, 1.807) is 24.1 Å². The number of esters is 1. The zero-order valence-electron chi connectivity index (χ0n) is 12.4. The lowest BCUT2D eigenvalue weighted by Crippen LogP contribution is -2.12. The second kappa shape index (κ2) is 8.90. The minimum absolute atomic E-state index is 0.142. The molecule has 0 radical (unpaired) electrons. The Morgan fingerprint density at radius 3 is 2.78 bits per heavy atom. The number of anilines is 1. The third-order valence-electron chi connectivity index (χ3n) is 2.65. The van der Waals surface area contributed by atoms with E-state index >= 15 is 0 Å². The highest BCUT2D eigenvalue weighted by Crippen LogP contribution is 2.21. The normalized spacial score (nSPS) is 10.3. The number of hydrogen-bond acceptors (Lipinski definition) is 6. The van der Waals surface area contributed by atoms with Crippen molar-refractivity contribution in [3.8, 4) is 0 Å². The third-order valence-corrected chi connectivity index (χ3v) is 4.67. The van der Waals surface area contributed by atoms with Crippen molar-refractivity contribution >= 4 is 51.7 Å². The summed E-state index contributed by atoms with van der Waals surface area (Å²) in [6.45, 7) is 2.02. The van der Waals surface area contributed by atoms with Crippen LogP contribution in [0.1, 0.15) is 23.8 Å². The molecule has 1 heterocycles. The van der Waals surface area contributed by atoms with Gasteiger partial charge in [-0.05, 0) is 31.2 Å². The van der Waals surface area contributed by atoms with Gasteiger partial charge in [-0.2, -0.15) is 0 Å². The Morgan fingerprint density at radius 2 is 2.09 bits per heavy atom. The topological polar surface area (TPSA) is 68.3 Å². The number of benzene rings is 1. The summed E-state index contributed by atoms with van der Waals surface area (Å²) >= 11 is 8.59. The molecule has 0 spiro atoms. The molecule has 0 aliphatic rings. The highest BCUT2D eigenvalue weighted by atomic mass is 35.5. The van der Waals surface area contributed by atoms with Crippen molar-refractivity contribution in [2.75, 3.05) is 17.7 Å². The van der Waals surface area contributed by atoms with E-state index in [1.165, 1.54) is 11.3 Å². The highest BCUT2D eigenvalue weighted by Gasteiger charge is 2.13. The molecule has 0 atom stereocenters. The van der Waals surface area contributed by atoms with Crippen LogP contribution < -0.4 is 5.32 Å². The zero-order chi connectivity index (χ0) is 16.7. The van der Waals surface area contributed by atoms with Crippen LogP contribution in [0.2, 0.25) is 5.02 Å². The Labute approximate surface area is 147 Å². The first-order chi connectivity index (χ1) is 11.1. The van der Waals surface area contributed by atoms with Crippen molar-refractivity contribution < 1.29 is 14.3 Å². The second-order valence-corrected chi connectivity index (χ2v) is 6.82. The van der Waals surface area contributed by atoms with Gasteiger partial charge in [0.2, 0.25) is 5.91 Å². The maximum atomic E-state index is 11.9. The first-order valence-electron chi connectivity index (χ1n) is 6.89. The summed E-state index contributed by atoms with van der Waals surface area (Å²) < 4.78 is 4.85. The average Bonchev–Trinajstić information content (AvgIpc) is 2.98. The summed E-state index contributed by atoms with van der Waals surface area (Å²) in [5.74, 6) is 0.0163. The minimum atomic E-state index is -0.484. The van der Waals surface area contributed by atoms with Crippen molar-refractivity contribution in [2.24, 2.45) is 0 Å². The van der Waals surface area contributed by atoms with E-state index in [0.717, 1.165) is 4.90 Å². The smallest absolute Gasteiger partial charge is 0.357 e. The summed E-state index contributed by atoms with van der Waals surface area (Å²) in [7, 11) is 0. The second-order valence-electron chi connectivity index (χ2n) is 4.36. The number of thiazole rings is 1. The Kier molecular flexibility index (Phi) is 6.88. The summed E-state index contributed by atoms with van der Waals surface area (Å²) in [6, 6.07) is 7.46. The number of nitrogens with zero attached hydrogens (tertiary/aromatic N) is 1. The van der Waals surface area contributed by atoms with Gasteiger partial charge >= 0.3 is 5.97 Å². The van der Waals surface area contributed by atoms with Crippen LogP contribution in [0.4, 0.5) is 5.13 Å². The van der Waals surface area contributed by atoms with E-state index in [2.05, 4.69) is 10.3 Å². The van der Waals surface area contributed by atoms with Gasteiger partial charge in [0.05, 0.1) is 6.61 Å². The molecule has 5 nitrogen and oxygen atoms in total. The van der Waals surface area contributed by atoms with Crippen LogP contribution in [0, 0.1) is 0 Å².